The van der Waals surface area contributed by atoms with E-state index >= 15 is 0 Å². The fraction of sp³-hybridized carbons (Fsp3) is 0.692. The van der Waals surface area contributed by atoms with Gasteiger partial charge in [0.15, 0.2) is 5.69 Å². The third kappa shape index (κ3) is 2.64. The smallest absolute Gasteiger partial charge is 0.274 e. The summed E-state index contributed by atoms with van der Waals surface area (Å²) in [5, 5.41) is 4.33. The molecule has 22 heavy (non-hydrogen) atoms. The molecule has 3 rings (SSSR count). The highest BCUT2D eigenvalue weighted by Crippen LogP contribution is 2.28. The number of fused-ring (bicyclic) bond motifs is 1. The lowest BCUT2D eigenvalue weighted by Gasteiger charge is -2.32. The molecular weight excluding hydrogens is 306 g/mol. The molecule has 3 heterocycles. The van der Waals surface area contributed by atoms with E-state index in [2.05, 4.69) is 10.00 Å². The molecule has 1 aromatic rings. The maximum atomic E-state index is 12.7. The number of sulfonamides is 1. The Kier molecular flexibility index (Phi) is 3.74. The number of aryl methyl sites for hydroxylation is 1. The Balaban J connectivity index is 1.86. The molecule has 0 radical (unpaired) electrons. The summed E-state index contributed by atoms with van der Waals surface area (Å²) in [6.45, 7) is 3.56. The van der Waals surface area contributed by atoms with E-state index in [4.69, 9.17) is 0 Å². The van der Waals surface area contributed by atoms with Gasteiger partial charge in [0.25, 0.3) is 5.91 Å². The van der Waals surface area contributed by atoms with E-state index < -0.39 is 10.0 Å². The first-order valence-corrected chi connectivity index (χ1v) is 9.10. The van der Waals surface area contributed by atoms with Crippen LogP contribution in [-0.4, -0.2) is 77.7 Å². The summed E-state index contributed by atoms with van der Waals surface area (Å²) in [7, 11) is 0.516. The molecule has 0 spiro atoms. The summed E-state index contributed by atoms with van der Waals surface area (Å²) < 4.78 is 26.5. The van der Waals surface area contributed by atoms with Crippen LogP contribution in [0.5, 0.6) is 0 Å². The quantitative estimate of drug-likeness (QED) is 0.702. The molecule has 0 N–H and O–H groups in total. The number of carbonyl (C=O) groups is 1. The Hall–Kier alpha value is -1.45. The van der Waals surface area contributed by atoms with Gasteiger partial charge < -0.3 is 9.80 Å². The lowest BCUT2D eigenvalue weighted by atomic mass is 10.2. The molecule has 8 nitrogen and oxygen atoms in total. The van der Waals surface area contributed by atoms with Crippen molar-refractivity contribution in [3.05, 3.63) is 17.0 Å². The minimum atomic E-state index is -3.27. The van der Waals surface area contributed by atoms with Crippen LogP contribution in [0.2, 0.25) is 0 Å². The van der Waals surface area contributed by atoms with Crippen LogP contribution in [0, 0.1) is 0 Å². The summed E-state index contributed by atoms with van der Waals surface area (Å²) >= 11 is 0. The molecule has 2 aliphatic heterocycles. The molecule has 1 saturated heterocycles. The molecule has 122 valence electrons. The van der Waals surface area contributed by atoms with E-state index in [0.29, 0.717) is 18.8 Å². The van der Waals surface area contributed by atoms with Crippen molar-refractivity contribution in [1.29, 1.82) is 0 Å². The van der Waals surface area contributed by atoms with Crippen molar-refractivity contribution in [2.45, 2.75) is 13.1 Å². The van der Waals surface area contributed by atoms with E-state index in [-0.39, 0.29) is 19.0 Å². The fourth-order valence-corrected chi connectivity index (χ4v) is 3.65. The van der Waals surface area contributed by atoms with Gasteiger partial charge in [-0.15, -0.1) is 0 Å². The average Bonchev–Trinajstić information content (AvgIpc) is 3.00. The molecule has 0 unspecified atom stereocenters. The highest BCUT2D eigenvalue weighted by atomic mass is 32.2. The minimum absolute atomic E-state index is 0.0969. The molecule has 0 aliphatic carbocycles. The van der Waals surface area contributed by atoms with Crippen molar-refractivity contribution in [2.24, 2.45) is 7.05 Å². The first-order valence-electron chi connectivity index (χ1n) is 7.25. The third-order valence-corrected chi connectivity index (χ3v) is 5.59. The van der Waals surface area contributed by atoms with Gasteiger partial charge in [-0.05, 0) is 7.05 Å². The van der Waals surface area contributed by atoms with Crippen LogP contribution in [0.3, 0.4) is 0 Å². The second kappa shape index (κ2) is 5.32. The number of hydrogen-bond donors (Lipinski definition) is 0. The van der Waals surface area contributed by atoms with Crippen LogP contribution < -0.4 is 0 Å². The lowest BCUT2D eigenvalue weighted by molar-refractivity contribution is 0.0656. The first-order chi connectivity index (χ1) is 10.3. The van der Waals surface area contributed by atoms with E-state index in [1.165, 1.54) is 10.6 Å². The number of amides is 1. The summed E-state index contributed by atoms with van der Waals surface area (Å²) in [6.07, 6.45) is 1.19. The van der Waals surface area contributed by atoms with Crippen molar-refractivity contribution < 1.29 is 13.2 Å². The van der Waals surface area contributed by atoms with Gasteiger partial charge in [0.2, 0.25) is 10.0 Å². The molecule has 1 aromatic heterocycles. The number of aromatic nitrogens is 2. The van der Waals surface area contributed by atoms with E-state index in [0.717, 1.165) is 24.3 Å². The van der Waals surface area contributed by atoms with Gasteiger partial charge in [0.1, 0.15) is 0 Å². The Morgan fingerprint density at radius 1 is 1.09 bits per heavy atom. The second-order valence-corrected chi connectivity index (χ2v) is 8.01. The zero-order chi connectivity index (χ0) is 16.1. The summed E-state index contributed by atoms with van der Waals surface area (Å²) in [5.41, 5.74) is 1.95. The van der Waals surface area contributed by atoms with Gasteiger partial charge in [-0.1, -0.05) is 0 Å². The minimum Gasteiger partial charge on any atom is -0.335 e. The van der Waals surface area contributed by atoms with Crippen LogP contribution in [0.4, 0.5) is 0 Å². The molecule has 1 amide bonds. The van der Waals surface area contributed by atoms with Crippen LogP contribution in [-0.2, 0) is 30.2 Å². The zero-order valence-electron chi connectivity index (χ0n) is 13.1. The van der Waals surface area contributed by atoms with Gasteiger partial charge >= 0.3 is 0 Å². The van der Waals surface area contributed by atoms with Crippen LogP contribution >= 0.6 is 0 Å². The van der Waals surface area contributed by atoms with Crippen molar-refractivity contribution in [2.75, 3.05) is 39.5 Å². The summed E-state index contributed by atoms with van der Waals surface area (Å²) in [4.78, 5) is 16.7. The van der Waals surface area contributed by atoms with E-state index in [1.54, 1.807) is 16.6 Å². The normalized spacial score (nSPS) is 20.4. The van der Waals surface area contributed by atoms with Crippen LogP contribution in [0.15, 0.2) is 0 Å². The number of carbonyl (C=O) groups excluding carboxylic acids is 1. The van der Waals surface area contributed by atoms with Crippen LogP contribution in [0.1, 0.15) is 21.7 Å². The molecule has 0 aromatic carbocycles. The van der Waals surface area contributed by atoms with Crippen molar-refractivity contribution in [1.82, 2.24) is 23.9 Å². The standard InChI is InChI=1S/C13H21N5O3S/c1-15-4-6-17(7-5-15)13(19)12-10-8-18(22(3,20)21)9-11(10)16(2)14-12/h4-9H2,1-3H3. The van der Waals surface area contributed by atoms with Crippen molar-refractivity contribution in [3.8, 4) is 0 Å². The molecule has 0 saturated carbocycles. The molecule has 0 bridgehead atoms. The zero-order valence-corrected chi connectivity index (χ0v) is 13.9. The molecular formula is C13H21N5O3S. The van der Waals surface area contributed by atoms with Gasteiger partial charge in [0, 0.05) is 45.3 Å². The Labute approximate surface area is 130 Å². The summed E-state index contributed by atoms with van der Waals surface area (Å²) in [5.74, 6) is -0.0969. The number of nitrogens with zero attached hydrogens (tertiary/aromatic N) is 5. The third-order valence-electron chi connectivity index (χ3n) is 4.40. The first kappa shape index (κ1) is 15.4. The SMILES string of the molecule is CN1CCN(C(=O)c2nn(C)c3c2CN(S(C)(=O)=O)C3)CC1. The number of likely N-dealkylation sites (N-methyl/N-ethyl adjacent to an activating group) is 1. The monoisotopic (exact) mass is 327 g/mol. The summed E-state index contributed by atoms with van der Waals surface area (Å²) in [6, 6.07) is 0. The molecule has 2 aliphatic rings. The van der Waals surface area contributed by atoms with Gasteiger partial charge in [0.05, 0.1) is 18.5 Å². The number of piperazine rings is 1. The topological polar surface area (TPSA) is 78.8 Å². The number of rotatable bonds is 2. The maximum Gasteiger partial charge on any atom is 0.274 e. The lowest BCUT2D eigenvalue weighted by Crippen LogP contribution is -2.47. The second-order valence-electron chi connectivity index (χ2n) is 6.02. The van der Waals surface area contributed by atoms with Crippen LogP contribution in [0.25, 0.3) is 0 Å². The average molecular weight is 327 g/mol. The van der Waals surface area contributed by atoms with Crippen molar-refractivity contribution in [3.63, 3.8) is 0 Å². The number of hydrogen-bond acceptors (Lipinski definition) is 5. The Bertz CT molecular complexity index is 704. The Morgan fingerprint density at radius 3 is 2.32 bits per heavy atom. The highest BCUT2D eigenvalue weighted by Gasteiger charge is 2.35. The van der Waals surface area contributed by atoms with Crippen molar-refractivity contribution >= 4 is 15.9 Å². The van der Waals surface area contributed by atoms with Gasteiger partial charge in [-0.25, -0.2) is 8.42 Å². The van der Waals surface area contributed by atoms with E-state index in [9.17, 15) is 13.2 Å². The van der Waals surface area contributed by atoms with Gasteiger partial charge in [-0.2, -0.15) is 9.40 Å². The predicted octanol–water partition coefficient (Wildman–Crippen LogP) is -0.917. The van der Waals surface area contributed by atoms with Gasteiger partial charge in [-0.3, -0.25) is 9.48 Å². The molecule has 0 atom stereocenters. The van der Waals surface area contributed by atoms with E-state index in [1.807, 2.05) is 7.05 Å². The predicted molar refractivity (Wildman–Crippen MR) is 80.7 cm³/mol. The largest absolute Gasteiger partial charge is 0.335 e. The Morgan fingerprint density at radius 2 is 1.73 bits per heavy atom. The molecule has 9 heteroatoms. The maximum absolute atomic E-state index is 12.7. The molecule has 1 fully saturated rings. The fourth-order valence-electron chi connectivity index (χ4n) is 2.93. The highest BCUT2D eigenvalue weighted by molar-refractivity contribution is 7.88.